The lowest BCUT2D eigenvalue weighted by atomic mass is 9.76. The van der Waals surface area contributed by atoms with Crippen molar-refractivity contribution in [1.29, 1.82) is 0 Å². The minimum Gasteiger partial charge on any atom is -0.393 e. The van der Waals surface area contributed by atoms with Crippen LogP contribution < -0.4 is 0 Å². The van der Waals surface area contributed by atoms with Gasteiger partial charge in [-0.3, -0.25) is 0 Å². The average Bonchev–Trinajstić information content (AvgIpc) is 3.00. The number of hydrogen-bond donors (Lipinski definition) is 1. The van der Waals surface area contributed by atoms with Gasteiger partial charge in [0.25, 0.3) is 0 Å². The van der Waals surface area contributed by atoms with Crippen LogP contribution >= 0.6 is 0 Å². The van der Waals surface area contributed by atoms with Gasteiger partial charge in [0.2, 0.25) is 0 Å². The minimum absolute atomic E-state index is 0.00463. The molecule has 0 saturated heterocycles. The Balaban J connectivity index is 1.81. The average molecular weight is 196 g/mol. The molecule has 2 fully saturated rings. The van der Waals surface area contributed by atoms with Gasteiger partial charge in [-0.15, -0.1) is 0 Å². The third-order valence-corrected chi connectivity index (χ3v) is 4.45. The summed E-state index contributed by atoms with van der Waals surface area (Å²) in [4.78, 5) is 0. The molecule has 2 aliphatic rings. The van der Waals surface area contributed by atoms with E-state index in [2.05, 4.69) is 13.8 Å². The van der Waals surface area contributed by atoms with Crippen molar-refractivity contribution in [2.75, 3.05) is 0 Å². The summed E-state index contributed by atoms with van der Waals surface area (Å²) in [7, 11) is 0. The number of aliphatic hydroxyl groups excluding tert-OH is 1. The van der Waals surface area contributed by atoms with Gasteiger partial charge in [0, 0.05) is 0 Å². The van der Waals surface area contributed by atoms with Gasteiger partial charge in [-0.25, -0.2) is 0 Å². The lowest BCUT2D eigenvalue weighted by molar-refractivity contribution is 0.0257. The maximum atomic E-state index is 10.2. The van der Waals surface area contributed by atoms with E-state index in [1.165, 1.54) is 38.5 Å². The first-order chi connectivity index (χ1) is 6.68. The standard InChI is InChI=1S/C13H24O/c1-9-3-5-12(6-4-9)13(14)10(2)11-7-8-11/h9-14H,3-8H2,1-2H3. The van der Waals surface area contributed by atoms with Crippen molar-refractivity contribution >= 4 is 0 Å². The molecular formula is C13H24O. The van der Waals surface area contributed by atoms with Crippen molar-refractivity contribution in [3.63, 3.8) is 0 Å². The highest BCUT2D eigenvalue weighted by atomic mass is 16.3. The van der Waals surface area contributed by atoms with Crippen molar-refractivity contribution in [1.82, 2.24) is 0 Å². The number of rotatable bonds is 3. The van der Waals surface area contributed by atoms with Gasteiger partial charge in [0.15, 0.2) is 0 Å². The maximum Gasteiger partial charge on any atom is 0.0596 e. The van der Waals surface area contributed by atoms with Crippen LogP contribution in [0.15, 0.2) is 0 Å². The summed E-state index contributed by atoms with van der Waals surface area (Å²) >= 11 is 0. The smallest absolute Gasteiger partial charge is 0.0596 e. The lowest BCUT2D eigenvalue weighted by Gasteiger charge is -2.33. The second kappa shape index (κ2) is 4.22. The Hall–Kier alpha value is -0.0400. The molecule has 2 aliphatic carbocycles. The molecule has 2 atom stereocenters. The molecule has 0 aromatic heterocycles. The van der Waals surface area contributed by atoms with E-state index >= 15 is 0 Å². The van der Waals surface area contributed by atoms with E-state index in [1.54, 1.807) is 0 Å². The van der Waals surface area contributed by atoms with E-state index < -0.39 is 0 Å². The van der Waals surface area contributed by atoms with Crippen LogP contribution in [-0.4, -0.2) is 11.2 Å². The van der Waals surface area contributed by atoms with E-state index in [4.69, 9.17) is 0 Å². The first-order valence-electron chi connectivity index (χ1n) is 6.36. The van der Waals surface area contributed by atoms with Crippen molar-refractivity contribution < 1.29 is 5.11 Å². The quantitative estimate of drug-likeness (QED) is 0.735. The van der Waals surface area contributed by atoms with Crippen LogP contribution in [0.25, 0.3) is 0 Å². The Bertz CT molecular complexity index is 178. The third kappa shape index (κ3) is 2.31. The van der Waals surface area contributed by atoms with E-state index in [9.17, 15) is 5.11 Å². The number of hydrogen-bond acceptors (Lipinski definition) is 1. The molecular weight excluding hydrogens is 172 g/mol. The summed E-state index contributed by atoms with van der Waals surface area (Å²) in [6.45, 7) is 4.59. The summed E-state index contributed by atoms with van der Waals surface area (Å²) in [5.74, 6) is 2.93. The highest BCUT2D eigenvalue weighted by molar-refractivity contribution is 4.87. The molecule has 0 bridgehead atoms. The third-order valence-electron chi connectivity index (χ3n) is 4.45. The van der Waals surface area contributed by atoms with Crippen LogP contribution in [0.1, 0.15) is 52.4 Å². The fourth-order valence-electron chi connectivity index (χ4n) is 2.96. The zero-order chi connectivity index (χ0) is 10.1. The predicted octanol–water partition coefficient (Wildman–Crippen LogP) is 3.22. The predicted molar refractivity (Wildman–Crippen MR) is 59.0 cm³/mol. The Morgan fingerprint density at radius 2 is 1.43 bits per heavy atom. The topological polar surface area (TPSA) is 20.2 Å². The molecule has 2 rings (SSSR count). The molecule has 2 saturated carbocycles. The van der Waals surface area contributed by atoms with Crippen molar-refractivity contribution in [3.8, 4) is 0 Å². The van der Waals surface area contributed by atoms with Crippen LogP contribution in [0, 0.1) is 23.7 Å². The zero-order valence-electron chi connectivity index (χ0n) is 9.58. The second-order valence-corrected chi connectivity index (χ2v) is 5.71. The van der Waals surface area contributed by atoms with E-state index in [0.717, 1.165) is 11.8 Å². The van der Waals surface area contributed by atoms with Gasteiger partial charge in [-0.05, 0) is 49.4 Å². The molecule has 2 unspecified atom stereocenters. The van der Waals surface area contributed by atoms with Gasteiger partial charge in [-0.1, -0.05) is 26.7 Å². The van der Waals surface area contributed by atoms with Crippen molar-refractivity contribution in [2.45, 2.75) is 58.5 Å². The monoisotopic (exact) mass is 196 g/mol. The highest BCUT2D eigenvalue weighted by Crippen LogP contribution is 2.42. The summed E-state index contributed by atoms with van der Waals surface area (Å²) in [5.41, 5.74) is 0. The van der Waals surface area contributed by atoms with Crippen LogP contribution in [0.4, 0.5) is 0 Å². The van der Waals surface area contributed by atoms with Gasteiger partial charge >= 0.3 is 0 Å². The van der Waals surface area contributed by atoms with Crippen LogP contribution in [0.2, 0.25) is 0 Å². The van der Waals surface area contributed by atoms with E-state index in [-0.39, 0.29) is 6.10 Å². The molecule has 1 N–H and O–H groups in total. The fraction of sp³-hybridized carbons (Fsp3) is 1.00. The van der Waals surface area contributed by atoms with Gasteiger partial charge < -0.3 is 5.11 Å². The second-order valence-electron chi connectivity index (χ2n) is 5.71. The Labute approximate surface area is 87.9 Å². The Kier molecular flexibility index (Phi) is 3.16. The Morgan fingerprint density at radius 3 is 1.93 bits per heavy atom. The molecule has 0 aliphatic heterocycles. The first kappa shape index (κ1) is 10.5. The highest BCUT2D eigenvalue weighted by Gasteiger charge is 2.36. The largest absolute Gasteiger partial charge is 0.393 e. The molecule has 82 valence electrons. The SMILES string of the molecule is CC1CCC(C(O)C(C)C2CC2)CC1. The number of aliphatic hydroxyl groups is 1. The summed E-state index contributed by atoms with van der Waals surface area (Å²) < 4.78 is 0. The molecule has 14 heavy (non-hydrogen) atoms. The van der Waals surface area contributed by atoms with Gasteiger partial charge in [0.05, 0.1) is 6.10 Å². The molecule has 0 radical (unpaired) electrons. The van der Waals surface area contributed by atoms with Crippen LogP contribution in [-0.2, 0) is 0 Å². The molecule has 0 heterocycles. The normalized spacial score (nSPS) is 37.9. The first-order valence-corrected chi connectivity index (χ1v) is 6.36. The van der Waals surface area contributed by atoms with Gasteiger partial charge in [0.1, 0.15) is 0 Å². The zero-order valence-corrected chi connectivity index (χ0v) is 9.58. The molecule has 1 nitrogen and oxygen atoms in total. The van der Waals surface area contributed by atoms with Crippen molar-refractivity contribution in [3.05, 3.63) is 0 Å². The molecule has 1 heteroatoms. The molecule has 0 aromatic carbocycles. The Morgan fingerprint density at radius 1 is 0.929 bits per heavy atom. The van der Waals surface area contributed by atoms with Crippen LogP contribution in [0.5, 0.6) is 0 Å². The maximum absolute atomic E-state index is 10.2. The van der Waals surface area contributed by atoms with E-state index in [1.807, 2.05) is 0 Å². The summed E-state index contributed by atoms with van der Waals surface area (Å²) in [5, 5.41) is 10.2. The molecule has 0 amide bonds. The van der Waals surface area contributed by atoms with Crippen molar-refractivity contribution in [2.24, 2.45) is 23.7 Å². The summed E-state index contributed by atoms with van der Waals surface area (Å²) in [6.07, 6.45) is 7.91. The van der Waals surface area contributed by atoms with Crippen LogP contribution in [0.3, 0.4) is 0 Å². The summed E-state index contributed by atoms with van der Waals surface area (Å²) in [6, 6.07) is 0. The van der Waals surface area contributed by atoms with E-state index in [0.29, 0.717) is 11.8 Å². The lowest BCUT2D eigenvalue weighted by Crippen LogP contribution is -2.31. The fourth-order valence-corrected chi connectivity index (χ4v) is 2.96. The molecule has 0 aromatic rings. The minimum atomic E-state index is -0.00463. The molecule has 0 spiro atoms. The van der Waals surface area contributed by atoms with Gasteiger partial charge in [-0.2, -0.15) is 0 Å².